The van der Waals surface area contributed by atoms with Gasteiger partial charge in [0.15, 0.2) is 5.70 Å². The lowest BCUT2D eigenvalue weighted by molar-refractivity contribution is -0.129. The van der Waals surface area contributed by atoms with Crippen molar-refractivity contribution in [1.29, 1.82) is 0 Å². The third-order valence-corrected chi connectivity index (χ3v) is 6.61. The molecule has 146 valence electrons. The smallest absolute Gasteiger partial charge is 0.363 e. The maximum atomic E-state index is 12.6. The van der Waals surface area contributed by atoms with E-state index in [2.05, 4.69) is 4.99 Å². The molecule has 0 bridgehead atoms. The second kappa shape index (κ2) is 8.08. The van der Waals surface area contributed by atoms with Crippen molar-refractivity contribution in [3.8, 4) is 0 Å². The molecule has 28 heavy (non-hydrogen) atoms. The fourth-order valence-electron chi connectivity index (χ4n) is 2.91. The van der Waals surface area contributed by atoms with E-state index in [1.54, 1.807) is 32.1 Å². The van der Waals surface area contributed by atoms with Crippen LogP contribution in [0.3, 0.4) is 0 Å². The number of cyclic esters (lactones) is 1. The summed E-state index contributed by atoms with van der Waals surface area (Å²) >= 11 is 0. The second-order valence-electron chi connectivity index (χ2n) is 6.31. The summed E-state index contributed by atoms with van der Waals surface area (Å²) in [6.07, 6.45) is 1.68. The van der Waals surface area contributed by atoms with Gasteiger partial charge in [-0.15, -0.1) is 0 Å². The number of hydrogen-bond donors (Lipinski definition) is 0. The van der Waals surface area contributed by atoms with Crippen molar-refractivity contribution in [2.75, 3.05) is 13.1 Å². The molecule has 0 unspecified atom stereocenters. The van der Waals surface area contributed by atoms with Crippen LogP contribution < -0.4 is 0 Å². The first-order valence-corrected chi connectivity index (χ1v) is 10.5. The molecule has 1 aliphatic heterocycles. The number of aryl methyl sites for hydroxylation is 1. The molecule has 1 heterocycles. The molecule has 3 rings (SSSR count). The van der Waals surface area contributed by atoms with Crippen molar-refractivity contribution in [3.63, 3.8) is 0 Å². The third kappa shape index (κ3) is 3.90. The van der Waals surface area contributed by atoms with Crippen LogP contribution in [0.15, 0.2) is 64.1 Å². The molecule has 0 fully saturated rings. The first-order chi connectivity index (χ1) is 13.4. The molecule has 0 aliphatic carbocycles. The SMILES string of the molecule is CCN(CC)S(=O)(=O)c1ccc(C2=N/C(=C\c3ccccc3C)C(=O)O2)cc1. The Morgan fingerprint density at radius 1 is 1.04 bits per heavy atom. The van der Waals surface area contributed by atoms with Crippen molar-refractivity contribution in [1.82, 2.24) is 4.31 Å². The lowest BCUT2D eigenvalue weighted by Gasteiger charge is -2.18. The van der Waals surface area contributed by atoms with Gasteiger partial charge in [0.05, 0.1) is 4.90 Å². The van der Waals surface area contributed by atoms with E-state index in [-0.39, 0.29) is 16.5 Å². The van der Waals surface area contributed by atoms with Gasteiger partial charge in [-0.05, 0) is 48.4 Å². The molecule has 0 N–H and O–H groups in total. The first kappa shape index (κ1) is 20.0. The van der Waals surface area contributed by atoms with Gasteiger partial charge in [0.2, 0.25) is 15.9 Å². The number of sulfonamides is 1. The zero-order chi connectivity index (χ0) is 20.3. The highest BCUT2D eigenvalue weighted by Gasteiger charge is 2.26. The second-order valence-corrected chi connectivity index (χ2v) is 8.24. The lowest BCUT2D eigenvalue weighted by atomic mass is 10.1. The highest BCUT2D eigenvalue weighted by molar-refractivity contribution is 7.89. The summed E-state index contributed by atoms with van der Waals surface area (Å²) < 4.78 is 31.8. The summed E-state index contributed by atoms with van der Waals surface area (Å²) in [5, 5.41) is 0. The number of carbonyl (C=O) groups is 1. The van der Waals surface area contributed by atoms with Gasteiger partial charge in [0.25, 0.3) is 0 Å². The molecule has 0 spiro atoms. The average molecular weight is 398 g/mol. The van der Waals surface area contributed by atoms with Gasteiger partial charge >= 0.3 is 5.97 Å². The molecule has 0 saturated heterocycles. The maximum absolute atomic E-state index is 12.6. The Balaban J connectivity index is 1.89. The largest absolute Gasteiger partial charge is 0.402 e. The Morgan fingerprint density at radius 2 is 1.68 bits per heavy atom. The van der Waals surface area contributed by atoms with Gasteiger partial charge in [-0.2, -0.15) is 4.31 Å². The fraction of sp³-hybridized carbons (Fsp3) is 0.238. The van der Waals surface area contributed by atoms with Crippen molar-refractivity contribution >= 4 is 28.0 Å². The molecule has 0 atom stereocenters. The Labute approximate surface area is 165 Å². The van der Waals surface area contributed by atoms with E-state index in [1.165, 1.54) is 16.4 Å². The lowest BCUT2D eigenvalue weighted by Crippen LogP contribution is -2.30. The summed E-state index contributed by atoms with van der Waals surface area (Å²) in [7, 11) is -3.53. The standard InChI is InChI=1S/C21H22N2O4S/c1-4-23(5-2)28(25,26)18-12-10-16(11-13-18)20-22-19(21(24)27-20)14-17-9-7-6-8-15(17)3/h6-14H,4-5H2,1-3H3/b19-14-. The van der Waals surface area contributed by atoms with Crippen molar-refractivity contribution in [2.45, 2.75) is 25.7 Å². The molecule has 1 aliphatic rings. The van der Waals surface area contributed by atoms with Gasteiger partial charge in [-0.25, -0.2) is 18.2 Å². The van der Waals surface area contributed by atoms with Gasteiger partial charge < -0.3 is 4.74 Å². The molecule has 2 aromatic rings. The molecule has 7 heteroatoms. The van der Waals surface area contributed by atoms with E-state index in [9.17, 15) is 13.2 Å². The van der Waals surface area contributed by atoms with E-state index in [0.29, 0.717) is 18.7 Å². The van der Waals surface area contributed by atoms with Crippen LogP contribution in [0, 0.1) is 6.92 Å². The van der Waals surface area contributed by atoms with Crippen LogP contribution in [0.4, 0.5) is 0 Å². The van der Waals surface area contributed by atoms with Gasteiger partial charge in [-0.3, -0.25) is 0 Å². The number of nitrogens with zero attached hydrogens (tertiary/aromatic N) is 2. The van der Waals surface area contributed by atoms with Crippen LogP contribution in [0.5, 0.6) is 0 Å². The average Bonchev–Trinajstić information content (AvgIpc) is 3.05. The number of rotatable bonds is 6. The molecular formula is C21H22N2O4S. The van der Waals surface area contributed by atoms with Crippen LogP contribution >= 0.6 is 0 Å². The topological polar surface area (TPSA) is 76.0 Å². The minimum absolute atomic E-state index is 0.164. The van der Waals surface area contributed by atoms with Crippen LogP contribution in [-0.2, 0) is 19.6 Å². The monoisotopic (exact) mass is 398 g/mol. The number of esters is 1. The number of aliphatic imine (C=N–C) groups is 1. The minimum Gasteiger partial charge on any atom is -0.402 e. The van der Waals surface area contributed by atoms with E-state index < -0.39 is 16.0 Å². The van der Waals surface area contributed by atoms with Crippen LogP contribution in [-0.4, -0.2) is 37.7 Å². The normalized spacial score (nSPS) is 15.8. The molecule has 6 nitrogen and oxygen atoms in total. The van der Waals surface area contributed by atoms with Crippen LogP contribution in [0.25, 0.3) is 6.08 Å². The van der Waals surface area contributed by atoms with E-state index >= 15 is 0 Å². The molecule has 0 aromatic heterocycles. The Hall–Kier alpha value is -2.77. The fourth-order valence-corrected chi connectivity index (χ4v) is 4.37. The summed E-state index contributed by atoms with van der Waals surface area (Å²) in [5.74, 6) is -0.366. The number of hydrogen-bond acceptors (Lipinski definition) is 5. The van der Waals surface area contributed by atoms with E-state index in [1.807, 2.05) is 31.2 Å². The number of benzene rings is 2. The summed E-state index contributed by atoms with van der Waals surface area (Å²) in [6, 6.07) is 13.9. The number of carbonyl (C=O) groups excluding carboxylic acids is 1. The zero-order valence-electron chi connectivity index (χ0n) is 16.0. The van der Waals surface area contributed by atoms with Crippen LogP contribution in [0.1, 0.15) is 30.5 Å². The first-order valence-electron chi connectivity index (χ1n) is 9.05. The van der Waals surface area contributed by atoms with Crippen LogP contribution in [0.2, 0.25) is 0 Å². The molecule has 0 radical (unpaired) electrons. The predicted molar refractivity (Wildman–Crippen MR) is 108 cm³/mol. The zero-order valence-corrected chi connectivity index (χ0v) is 16.9. The summed E-state index contributed by atoms with van der Waals surface area (Å²) in [5.41, 5.74) is 2.67. The molecular weight excluding hydrogens is 376 g/mol. The highest BCUT2D eigenvalue weighted by Crippen LogP contribution is 2.22. The molecule has 2 aromatic carbocycles. The predicted octanol–water partition coefficient (Wildman–Crippen LogP) is 3.37. The Morgan fingerprint density at radius 3 is 2.29 bits per heavy atom. The minimum atomic E-state index is -3.53. The van der Waals surface area contributed by atoms with Gasteiger partial charge in [0, 0.05) is 18.7 Å². The number of ether oxygens (including phenoxy) is 1. The van der Waals surface area contributed by atoms with E-state index in [0.717, 1.165) is 11.1 Å². The van der Waals surface area contributed by atoms with Gasteiger partial charge in [0.1, 0.15) is 0 Å². The van der Waals surface area contributed by atoms with E-state index in [4.69, 9.17) is 4.74 Å². The summed E-state index contributed by atoms with van der Waals surface area (Å²) in [4.78, 5) is 16.6. The molecule has 0 amide bonds. The summed E-state index contributed by atoms with van der Waals surface area (Å²) in [6.45, 7) is 6.34. The van der Waals surface area contributed by atoms with Gasteiger partial charge in [-0.1, -0.05) is 38.1 Å². The molecule has 0 saturated carbocycles. The Kier molecular flexibility index (Phi) is 5.76. The third-order valence-electron chi connectivity index (χ3n) is 4.55. The highest BCUT2D eigenvalue weighted by atomic mass is 32.2. The quantitative estimate of drug-likeness (QED) is 0.552. The maximum Gasteiger partial charge on any atom is 0.363 e. The van der Waals surface area contributed by atoms with Crippen molar-refractivity contribution in [3.05, 3.63) is 70.9 Å². The van der Waals surface area contributed by atoms with Crippen molar-refractivity contribution in [2.24, 2.45) is 4.99 Å². The van der Waals surface area contributed by atoms with Crippen molar-refractivity contribution < 1.29 is 17.9 Å². The Bertz CT molecular complexity index is 1050.